The van der Waals surface area contributed by atoms with Crippen molar-refractivity contribution >= 4 is 29.1 Å². The number of amides is 1. The molecule has 1 aromatic heterocycles. The highest BCUT2D eigenvalue weighted by Crippen LogP contribution is 2.23. The number of hydrogen-bond donors (Lipinski definition) is 0. The fourth-order valence-electron chi connectivity index (χ4n) is 3.07. The summed E-state index contributed by atoms with van der Waals surface area (Å²) in [6, 6.07) is 12.0. The summed E-state index contributed by atoms with van der Waals surface area (Å²) in [5.41, 5.74) is 1.70. The van der Waals surface area contributed by atoms with E-state index < -0.39 is 5.41 Å². The molecule has 0 aliphatic heterocycles. The minimum atomic E-state index is -0.557. The molecule has 1 amide bonds. The van der Waals surface area contributed by atoms with Crippen LogP contribution in [0.25, 0.3) is 0 Å². The van der Waals surface area contributed by atoms with E-state index in [1.165, 1.54) is 0 Å². The summed E-state index contributed by atoms with van der Waals surface area (Å²) in [4.78, 5) is 15.0. The largest absolute Gasteiger partial charge is 0.345 e. The zero-order chi connectivity index (χ0) is 19.9. The Morgan fingerprint density at radius 1 is 1.19 bits per heavy atom. The van der Waals surface area contributed by atoms with E-state index in [0.29, 0.717) is 12.4 Å². The lowest BCUT2D eigenvalue weighted by atomic mass is 9.94. The molecule has 0 N–H and O–H groups in total. The van der Waals surface area contributed by atoms with Gasteiger partial charge < -0.3 is 9.47 Å². The fraction of sp³-hybridized carbons (Fsp3) is 0.500. The molecule has 0 saturated carbocycles. The van der Waals surface area contributed by atoms with Crippen molar-refractivity contribution in [1.29, 1.82) is 0 Å². The topological polar surface area (TPSA) is 25.2 Å². The van der Waals surface area contributed by atoms with Crippen molar-refractivity contribution in [3.63, 3.8) is 0 Å². The van der Waals surface area contributed by atoms with E-state index in [2.05, 4.69) is 29.8 Å². The second kappa shape index (κ2) is 10.2. The highest BCUT2D eigenvalue weighted by Gasteiger charge is 2.31. The van der Waals surface area contributed by atoms with E-state index in [-0.39, 0.29) is 5.91 Å². The van der Waals surface area contributed by atoms with Crippen molar-refractivity contribution in [1.82, 2.24) is 9.47 Å². The Morgan fingerprint density at radius 3 is 2.63 bits per heavy atom. The lowest BCUT2D eigenvalue weighted by Crippen LogP contribution is -2.42. The number of carbonyl (C=O) groups excluding carboxylic acids is 1. The Morgan fingerprint density at radius 2 is 1.96 bits per heavy atom. The molecule has 2 rings (SSSR count). The highest BCUT2D eigenvalue weighted by atomic mass is 35.5. The first kappa shape index (κ1) is 21.8. The lowest BCUT2D eigenvalue weighted by Gasteiger charge is -2.31. The molecule has 0 unspecified atom stereocenters. The van der Waals surface area contributed by atoms with Crippen LogP contribution in [0.1, 0.15) is 51.3 Å². The molecule has 0 saturated heterocycles. The quantitative estimate of drug-likeness (QED) is 0.350. The van der Waals surface area contributed by atoms with Crippen LogP contribution in [0, 0.1) is 5.41 Å². The zero-order valence-electron chi connectivity index (χ0n) is 16.5. The lowest BCUT2D eigenvalue weighted by molar-refractivity contribution is -0.140. The summed E-state index contributed by atoms with van der Waals surface area (Å²) in [5.74, 6) is 0.434. The number of carbonyl (C=O) groups is 1. The first-order valence-electron chi connectivity index (χ1n) is 9.61. The molecule has 0 aliphatic rings. The average molecular weight is 409 g/mol. The van der Waals surface area contributed by atoms with Gasteiger partial charge >= 0.3 is 0 Å². The van der Waals surface area contributed by atoms with E-state index in [0.717, 1.165) is 48.6 Å². The molecule has 2 aromatic rings. The van der Waals surface area contributed by atoms with E-state index in [1.54, 1.807) is 0 Å². The molecule has 3 nitrogen and oxygen atoms in total. The van der Waals surface area contributed by atoms with Crippen LogP contribution in [-0.2, 0) is 17.9 Å². The van der Waals surface area contributed by atoms with Gasteiger partial charge in [0.05, 0.1) is 12.0 Å². The van der Waals surface area contributed by atoms with Crippen molar-refractivity contribution in [2.45, 2.75) is 53.1 Å². The van der Waals surface area contributed by atoms with Gasteiger partial charge in [0, 0.05) is 35.9 Å². The number of benzene rings is 1. The van der Waals surface area contributed by atoms with Gasteiger partial charge in [0.15, 0.2) is 0 Å². The molecule has 0 fully saturated rings. The third kappa shape index (κ3) is 6.29. The molecule has 0 bridgehead atoms. The molecule has 148 valence electrons. The van der Waals surface area contributed by atoms with Crippen LogP contribution in [0.4, 0.5) is 0 Å². The van der Waals surface area contributed by atoms with Crippen LogP contribution >= 0.6 is 23.2 Å². The van der Waals surface area contributed by atoms with Crippen molar-refractivity contribution < 1.29 is 4.79 Å². The zero-order valence-corrected chi connectivity index (χ0v) is 18.1. The molecule has 0 atom stereocenters. The van der Waals surface area contributed by atoms with Crippen molar-refractivity contribution in [3.05, 3.63) is 58.9 Å². The van der Waals surface area contributed by atoms with E-state index in [1.807, 2.05) is 43.0 Å². The predicted octanol–water partition coefficient (Wildman–Crippen LogP) is 5.97. The molecular formula is C22H30Cl2N2O. The summed E-state index contributed by atoms with van der Waals surface area (Å²) in [5, 5.41) is 0.737. The summed E-state index contributed by atoms with van der Waals surface area (Å²) < 4.78 is 2.18. The Labute approximate surface area is 173 Å². The molecule has 27 heavy (non-hydrogen) atoms. The first-order valence-corrected chi connectivity index (χ1v) is 10.5. The number of halogens is 2. The Bertz CT molecular complexity index is 739. The van der Waals surface area contributed by atoms with Crippen LogP contribution in [-0.4, -0.2) is 27.8 Å². The van der Waals surface area contributed by atoms with Gasteiger partial charge in [0.2, 0.25) is 5.91 Å². The van der Waals surface area contributed by atoms with E-state index in [9.17, 15) is 4.79 Å². The summed E-state index contributed by atoms with van der Waals surface area (Å²) in [7, 11) is 0. The SMILES string of the molecule is CCCCCN(Cc1cccn1Cc1cccc(Cl)c1)C(=O)C(C)(C)CCl. The van der Waals surface area contributed by atoms with Gasteiger partial charge in [-0.1, -0.05) is 43.5 Å². The van der Waals surface area contributed by atoms with Gasteiger partial charge in [0.25, 0.3) is 0 Å². The number of unbranched alkanes of at least 4 members (excludes halogenated alkanes) is 2. The molecule has 0 radical (unpaired) electrons. The van der Waals surface area contributed by atoms with Crippen LogP contribution in [0.3, 0.4) is 0 Å². The van der Waals surface area contributed by atoms with Gasteiger partial charge in [0.1, 0.15) is 0 Å². The van der Waals surface area contributed by atoms with Crippen molar-refractivity contribution in [2.24, 2.45) is 5.41 Å². The standard InChI is InChI=1S/C22H30Cl2N2O/c1-4-5-6-12-26(21(27)22(2,3)17-23)16-20-11-8-13-25(20)15-18-9-7-10-19(24)14-18/h7-11,13-14H,4-6,12,15-17H2,1-3H3. The Balaban J connectivity index is 2.17. The summed E-state index contributed by atoms with van der Waals surface area (Å²) >= 11 is 12.2. The van der Waals surface area contributed by atoms with Crippen LogP contribution < -0.4 is 0 Å². The minimum absolute atomic E-state index is 0.115. The normalized spacial score (nSPS) is 11.6. The van der Waals surface area contributed by atoms with Crippen LogP contribution in [0.5, 0.6) is 0 Å². The van der Waals surface area contributed by atoms with Gasteiger partial charge in [-0.3, -0.25) is 4.79 Å². The maximum absolute atomic E-state index is 13.0. The third-order valence-electron chi connectivity index (χ3n) is 4.75. The van der Waals surface area contributed by atoms with Gasteiger partial charge in [-0.2, -0.15) is 0 Å². The number of nitrogens with zero attached hydrogens (tertiary/aromatic N) is 2. The summed E-state index contributed by atoms with van der Waals surface area (Å²) in [6.45, 7) is 8.09. The predicted molar refractivity (Wildman–Crippen MR) is 114 cm³/mol. The Kier molecular flexibility index (Phi) is 8.25. The molecule has 0 spiro atoms. The molecule has 0 aliphatic carbocycles. The maximum atomic E-state index is 13.0. The highest BCUT2D eigenvalue weighted by molar-refractivity contribution is 6.30. The Hall–Kier alpha value is -1.45. The minimum Gasteiger partial charge on any atom is -0.345 e. The number of rotatable bonds is 10. The van der Waals surface area contributed by atoms with Crippen LogP contribution in [0.15, 0.2) is 42.6 Å². The monoisotopic (exact) mass is 408 g/mol. The molecule has 5 heteroatoms. The fourth-order valence-corrected chi connectivity index (χ4v) is 3.39. The van der Waals surface area contributed by atoms with Gasteiger partial charge in [-0.15, -0.1) is 11.6 Å². The van der Waals surface area contributed by atoms with E-state index >= 15 is 0 Å². The average Bonchev–Trinajstić information content (AvgIpc) is 3.07. The number of hydrogen-bond acceptors (Lipinski definition) is 1. The van der Waals surface area contributed by atoms with E-state index in [4.69, 9.17) is 23.2 Å². The molecule has 1 aromatic carbocycles. The number of aromatic nitrogens is 1. The smallest absolute Gasteiger partial charge is 0.229 e. The summed E-state index contributed by atoms with van der Waals surface area (Å²) in [6.07, 6.45) is 5.31. The third-order valence-corrected chi connectivity index (χ3v) is 5.65. The second-order valence-electron chi connectivity index (χ2n) is 7.71. The van der Waals surface area contributed by atoms with Gasteiger partial charge in [-0.05, 0) is 50.1 Å². The first-order chi connectivity index (χ1) is 12.9. The molecular weight excluding hydrogens is 379 g/mol. The number of alkyl halides is 1. The second-order valence-corrected chi connectivity index (χ2v) is 8.41. The maximum Gasteiger partial charge on any atom is 0.229 e. The van der Waals surface area contributed by atoms with Crippen molar-refractivity contribution in [3.8, 4) is 0 Å². The van der Waals surface area contributed by atoms with Crippen molar-refractivity contribution in [2.75, 3.05) is 12.4 Å². The molecule has 1 heterocycles. The van der Waals surface area contributed by atoms with Gasteiger partial charge in [-0.25, -0.2) is 0 Å². The van der Waals surface area contributed by atoms with Crippen LogP contribution in [0.2, 0.25) is 5.02 Å².